The first-order valence-corrected chi connectivity index (χ1v) is 13.2. The highest BCUT2D eigenvalue weighted by molar-refractivity contribution is 9.10. The van der Waals surface area contributed by atoms with Crippen LogP contribution in [0.1, 0.15) is 34.0 Å². The van der Waals surface area contributed by atoms with Crippen molar-refractivity contribution in [1.82, 2.24) is 0 Å². The number of ether oxygens (including phenoxy) is 2. The second kappa shape index (κ2) is 12.2. The number of rotatable bonds is 7. The van der Waals surface area contributed by atoms with Crippen molar-refractivity contribution in [1.29, 1.82) is 0 Å². The Bertz CT molecular complexity index is 1480. The third-order valence-electron chi connectivity index (χ3n) is 5.41. The SMILES string of the molecule is CCOC(=O)C1=C(O)/C(=C/c2cc(Br)ccc2OCc2cccc(F)c2)SC1=NC(=O)c1ccc(C)cc1. The predicted octanol–water partition coefficient (Wildman–Crippen LogP) is 7.18. The van der Waals surface area contributed by atoms with E-state index in [4.69, 9.17) is 9.47 Å². The number of aliphatic imine (C=N–C) groups is 1. The minimum atomic E-state index is -0.784. The fourth-order valence-electron chi connectivity index (χ4n) is 3.54. The van der Waals surface area contributed by atoms with Crippen LogP contribution in [0.25, 0.3) is 6.08 Å². The van der Waals surface area contributed by atoms with Gasteiger partial charge in [0, 0.05) is 15.6 Å². The van der Waals surface area contributed by atoms with E-state index in [1.165, 1.54) is 12.1 Å². The first kappa shape index (κ1) is 27.3. The molecule has 4 rings (SSSR count). The summed E-state index contributed by atoms with van der Waals surface area (Å²) in [6, 6.07) is 18.3. The maximum Gasteiger partial charge on any atom is 0.344 e. The molecule has 0 spiro atoms. The molecule has 0 atom stereocenters. The van der Waals surface area contributed by atoms with Crippen molar-refractivity contribution in [3.05, 3.63) is 116 Å². The van der Waals surface area contributed by atoms with Crippen LogP contribution in [0, 0.1) is 12.7 Å². The Hall–Kier alpha value is -3.69. The second-order valence-electron chi connectivity index (χ2n) is 8.24. The van der Waals surface area contributed by atoms with Gasteiger partial charge in [-0.1, -0.05) is 57.5 Å². The average Bonchev–Trinajstić information content (AvgIpc) is 3.18. The number of aryl methyl sites for hydroxylation is 1. The molecule has 0 aromatic heterocycles. The highest BCUT2D eigenvalue weighted by Gasteiger charge is 2.34. The number of benzene rings is 3. The molecule has 38 heavy (non-hydrogen) atoms. The third kappa shape index (κ3) is 6.59. The van der Waals surface area contributed by atoms with Gasteiger partial charge in [-0.25, -0.2) is 14.2 Å². The van der Waals surface area contributed by atoms with Gasteiger partial charge in [-0.3, -0.25) is 4.79 Å². The number of aliphatic hydroxyl groups is 1. The van der Waals surface area contributed by atoms with Crippen molar-refractivity contribution in [3.8, 4) is 5.75 Å². The monoisotopic (exact) mass is 595 g/mol. The Morgan fingerprint density at radius 1 is 1.11 bits per heavy atom. The molecule has 1 N–H and O–H groups in total. The number of nitrogens with zero attached hydrogens (tertiary/aromatic N) is 1. The van der Waals surface area contributed by atoms with Gasteiger partial charge in [0.25, 0.3) is 5.91 Å². The van der Waals surface area contributed by atoms with E-state index in [-0.39, 0.29) is 40.3 Å². The van der Waals surface area contributed by atoms with Crippen molar-refractivity contribution in [3.63, 3.8) is 0 Å². The standard InChI is InChI=1S/C29H23BrFNO5S/c1-3-36-29(35)25-26(33)24(38-28(25)32-27(34)19-9-7-17(2)8-10-19)15-20-14-21(30)11-12-23(20)37-16-18-5-4-6-22(31)13-18/h4-15,33H,3,16H2,1-2H3/b24-15-,32-28?. The molecule has 0 unspecified atom stereocenters. The molecular formula is C29H23BrFNO5S. The summed E-state index contributed by atoms with van der Waals surface area (Å²) in [4.78, 5) is 29.9. The zero-order valence-electron chi connectivity index (χ0n) is 20.5. The number of carbonyl (C=O) groups excluding carboxylic acids is 2. The van der Waals surface area contributed by atoms with Crippen molar-refractivity contribution >= 4 is 50.7 Å². The van der Waals surface area contributed by atoms with Crippen molar-refractivity contribution in [2.24, 2.45) is 4.99 Å². The highest BCUT2D eigenvalue weighted by atomic mass is 79.9. The maximum atomic E-state index is 13.6. The van der Waals surface area contributed by atoms with Crippen LogP contribution in [-0.2, 0) is 16.1 Å². The largest absolute Gasteiger partial charge is 0.506 e. The van der Waals surface area contributed by atoms with Gasteiger partial charge in [-0.2, -0.15) is 0 Å². The van der Waals surface area contributed by atoms with Crippen LogP contribution in [0.15, 0.2) is 92.4 Å². The topological polar surface area (TPSA) is 85.2 Å². The van der Waals surface area contributed by atoms with E-state index in [1.807, 2.05) is 6.92 Å². The van der Waals surface area contributed by atoms with Gasteiger partial charge in [0.15, 0.2) is 0 Å². The molecule has 6 nitrogen and oxygen atoms in total. The van der Waals surface area contributed by atoms with Crippen LogP contribution >= 0.6 is 27.7 Å². The summed E-state index contributed by atoms with van der Waals surface area (Å²) in [6.07, 6.45) is 1.63. The second-order valence-corrected chi connectivity index (χ2v) is 10.2. The van der Waals surface area contributed by atoms with Crippen LogP contribution in [0.2, 0.25) is 0 Å². The molecule has 0 bridgehead atoms. The molecule has 0 aliphatic carbocycles. The Morgan fingerprint density at radius 3 is 2.58 bits per heavy atom. The molecule has 3 aromatic rings. The van der Waals surface area contributed by atoms with E-state index in [2.05, 4.69) is 20.9 Å². The van der Waals surface area contributed by atoms with Gasteiger partial charge >= 0.3 is 5.97 Å². The first-order valence-electron chi connectivity index (χ1n) is 11.6. The molecule has 194 valence electrons. The Kier molecular flexibility index (Phi) is 8.81. The molecule has 1 aliphatic rings. The number of aliphatic hydroxyl groups excluding tert-OH is 1. The Morgan fingerprint density at radius 2 is 1.87 bits per heavy atom. The molecular weight excluding hydrogens is 573 g/mol. The van der Waals surface area contributed by atoms with Gasteiger partial charge in [-0.15, -0.1) is 0 Å². The van der Waals surface area contributed by atoms with Crippen LogP contribution < -0.4 is 4.74 Å². The fourth-order valence-corrected chi connectivity index (χ4v) is 4.92. The highest BCUT2D eigenvalue weighted by Crippen LogP contribution is 2.40. The van der Waals surface area contributed by atoms with Gasteiger partial charge in [0.2, 0.25) is 0 Å². The summed E-state index contributed by atoms with van der Waals surface area (Å²) in [6.45, 7) is 3.76. The molecule has 0 radical (unpaired) electrons. The zero-order chi connectivity index (χ0) is 27.2. The summed E-state index contributed by atoms with van der Waals surface area (Å²) in [5.74, 6) is -1.57. The summed E-state index contributed by atoms with van der Waals surface area (Å²) >= 11 is 4.42. The molecule has 0 saturated heterocycles. The average molecular weight is 596 g/mol. The maximum absolute atomic E-state index is 13.6. The summed E-state index contributed by atoms with van der Waals surface area (Å²) in [5, 5.41) is 11.0. The van der Waals surface area contributed by atoms with Gasteiger partial charge in [0.1, 0.15) is 34.5 Å². The summed E-state index contributed by atoms with van der Waals surface area (Å²) < 4.78 is 25.4. The Balaban J connectivity index is 1.68. The van der Waals surface area contributed by atoms with Gasteiger partial charge in [-0.05, 0) is 68.0 Å². The number of halogens is 2. The number of hydrogen-bond donors (Lipinski definition) is 1. The Labute approximate surface area is 232 Å². The molecule has 3 aromatic carbocycles. The fraction of sp³-hybridized carbons (Fsp3) is 0.138. The molecule has 0 saturated carbocycles. The zero-order valence-corrected chi connectivity index (χ0v) is 22.9. The van der Waals surface area contributed by atoms with Crippen LogP contribution in [0.4, 0.5) is 4.39 Å². The molecule has 1 aliphatic heterocycles. The van der Waals surface area contributed by atoms with E-state index in [0.717, 1.165) is 21.8 Å². The van der Waals surface area contributed by atoms with Crippen LogP contribution in [0.5, 0.6) is 5.75 Å². The number of esters is 1. The molecule has 1 amide bonds. The number of thioether (sulfide) groups is 1. The minimum Gasteiger partial charge on any atom is -0.506 e. The van der Waals surface area contributed by atoms with Gasteiger partial charge in [0.05, 0.1) is 11.5 Å². The molecule has 0 fully saturated rings. The normalized spacial score (nSPS) is 15.3. The lowest BCUT2D eigenvalue weighted by molar-refractivity contribution is -0.138. The van der Waals surface area contributed by atoms with Crippen LogP contribution in [0.3, 0.4) is 0 Å². The van der Waals surface area contributed by atoms with Crippen LogP contribution in [-0.4, -0.2) is 28.6 Å². The lowest BCUT2D eigenvalue weighted by Gasteiger charge is -2.11. The lowest BCUT2D eigenvalue weighted by atomic mass is 10.1. The van der Waals surface area contributed by atoms with E-state index >= 15 is 0 Å². The lowest BCUT2D eigenvalue weighted by Crippen LogP contribution is -2.14. The predicted molar refractivity (Wildman–Crippen MR) is 150 cm³/mol. The third-order valence-corrected chi connectivity index (χ3v) is 6.93. The summed E-state index contributed by atoms with van der Waals surface area (Å²) in [7, 11) is 0. The first-order chi connectivity index (χ1) is 18.2. The van der Waals surface area contributed by atoms with E-state index in [9.17, 15) is 19.1 Å². The quantitative estimate of drug-likeness (QED) is 0.291. The van der Waals surface area contributed by atoms with E-state index in [1.54, 1.807) is 67.6 Å². The number of amides is 1. The molecule has 9 heteroatoms. The van der Waals surface area contributed by atoms with E-state index < -0.39 is 11.9 Å². The van der Waals surface area contributed by atoms with Crippen molar-refractivity contribution in [2.45, 2.75) is 20.5 Å². The minimum absolute atomic E-state index is 0.0370. The smallest absolute Gasteiger partial charge is 0.344 e. The number of carbonyl (C=O) groups is 2. The van der Waals surface area contributed by atoms with Crippen molar-refractivity contribution < 1.29 is 28.6 Å². The van der Waals surface area contributed by atoms with Gasteiger partial charge < -0.3 is 14.6 Å². The molecule has 1 heterocycles. The van der Waals surface area contributed by atoms with E-state index in [0.29, 0.717) is 22.4 Å². The number of hydrogen-bond acceptors (Lipinski definition) is 6. The van der Waals surface area contributed by atoms with Crippen molar-refractivity contribution in [2.75, 3.05) is 6.61 Å². The summed E-state index contributed by atoms with van der Waals surface area (Å²) in [5.41, 5.74) is 2.39.